The van der Waals surface area contributed by atoms with Gasteiger partial charge in [0, 0.05) is 12.7 Å². The van der Waals surface area contributed by atoms with Gasteiger partial charge in [0.05, 0.1) is 18.8 Å². The SMILES string of the molecule is NNc1nccc(N2CCOC3CCCC32)n1. The van der Waals surface area contributed by atoms with E-state index in [-0.39, 0.29) is 0 Å². The standard InChI is InChI=1S/C11H17N5O/c12-15-11-13-5-4-10(14-11)16-6-7-17-9-3-1-2-8(9)16/h4-5,8-9H,1-3,6-7,12H2,(H,13,14,15). The van der Waals surface area contributed by atoms with Gasteiger partial charge in [-0.05, 0) is 25.3 Å². The van der Waals surface area contributed by atoms with Crippen molar-refractivity contribution in [1.29, 1.82) is 0 Å². The number of rotatable bonds is 2. The van der Waals surface area contributed by atoms with Gasteiger partial charge in [0.1, 0.15) is 5.82 Å². The topological polar surface area (TPSA) is 76.3 Å². The van der Waals surface area contributed by atoms with E-state index < -0.39 is 0 Å². The zero-order valence-electron chi connectivity index (χ0n) is 9.67. The van der Waals surface area contributed by atoms with Crippen LogP contribution in [0.2, 0.25) is 0 Å². The van der Waals surface area contributed by atoms with E-state index in [1.165, 1.54) is 12.8 Å². The molecule has 1 aromatic heterocycles. The number of nitrogens with one attached hydrogen (secondary N) is 1. The first-order chi connectivity index (χ1) is 8.38. The minimum Gasteiger partial charge on any atom is -0.374 e. The second-order valence-electron chi connectivity index (χ2n) is 4.48. The molecule has 6 nitrogen and oxygen atoms in total. The maximum atomic E-state index is 5.78. The van der Waals surface area contributed by atoms with Crippen LogP contribution >= 0.6 is 0 Å². The fraction of sp³-hybridized carbons (Fsp3) is 0.636. The van der Waals surface area contributed by atoms with Gasteiger partial charge >= 0.3 is 0 Å². The van der Waals surface area contributed by atoms with Crippen LogP contribution in [0.15, 0.2) is 12.3 Å². The molecule has 0 bridgehead atoms. The Morgan fingerprint density at radius 2 is 2.41 bits per heavy atom. The lowest BCUT2D eigenvalue weighted by Crippen LogP contribution is -2.49. The fourth-order valence-electron chi connectivity index (χ4n) is 2.79. The van der Waals surface area contributed by atoms with Crippen molar-refractivity contribution in [3.63, 3.8) is 0 Å². The Bertz CT molecular complexity index is 399. The number of nitrogens with zero attached hydrogens (tertiary/aromatic N) is 3. The third-order valence-corrected chi connectivity index (χ3v) is 3.55. The summed E-state index contributed by atoms with van der Waals surface area (Å²) >= 11 is 0. The van der Waals surface area contributed by atoms with E-state index in [9.17, 15) is 0 Å². The van der Waals surface area contributed by atoms with Crippen LogP contribution < -0.4 is 16.2 Å². The van der Waals surface area contributed by atoms with Gasteiger partial charge in [0.25, 0.3) is 0 Å². The maximum absolute atomic E-state index is 5.78. The summed E-state index contributed by atoms with van der Waals surface area (Å²) in [7, 11) is 0. The van der Waals surface area contributed by atoms with Crippen molar-refractivity contribution in [3.05, 3.63) is 12.3 Å². The fourth-order valence-corrected chi connectivity index (χ4v) is 2.79. The molecule has 2 atom stereocenters. The number of morpholine rings is 1. The molecule has 17 heavy (non-hydrogen) atoms. The van der Waals surface area contributed by atoms with Crippen LogP contribution in [0.25, 0.3) is 0 Å². The molecule has 6 heteroatoms. The average molecular weight is 235 g/mol. The van der Waals surface area contributed by atoms with Crippen molar-refractivity contribution in [3.8, 4) is 0 Å². The molecule has 2 fully saturated rings. The quantitative estimate of drug-likeness (QED) is 0.575. The van der Waals surface area contributed by atoms with Crippen LogP contribution in [-0.4, -0.2) is 35.3 Å². The van der Waals surface area contributed by atoms with Crippen molar-refractivity contribution in [2.24, 2.45) is 5.84 Å². The Labute approximate surface area is 100 Å². The largest absolute Gasteiger partial charge is 0.374 e. The van der Waals surface area contributed by atoms with Crippen molar-refractivity contribution < 1.29 is 4.74 Å². The highest BCUT2D eigenvalue weighted by Gasteiger charge is 2.36. The molecule has 0 aromatic carbocycles. The van der Waals surface area contributed by atoms with Crippen molar-refractivity contribution in [1.82, 2.24) is 9.97 Å². The summed E-state index contributed by atoms with van der Waals surface area (Å²) < 4.78 is 5.78. The number of fused-ring (bicyclic) bond motifs is 1. The first-order valence-corrected chi connectivity index (χ1v) is 6.06. The highest BCUT2D eigenvalue weighted by Crippen LogP contribution is 2.32. The molecule has 92 valence electrons. The Hall–Kier alpha value is -1.40. The molecule has 2 heterocycles. The lowest BCUT2D eigenvalue weighted by molar-refractivity contribution is 0.0253. The molecule has 1 saturated heterocycles. The van der Waals surface area contributed by atoms with E-state index in [0.717, 1.165) is 25.4 Å². The van der Waals surface area contributed by atoms with Gasteiger partial charge in [-0.25, -0.2) is 10.8 Å². The third kappa shape index (κ3) is 1.94. The highest BCUT2D eigenvalue weighted by atomic mass is 16.5. The Morgan fingerprint density at radius 1 is 1.47 bits per heavy atom. The highest BCUT2D eigenvalue weighted by molar-refractivity contribution is 5.44. The molecular weight excluding hydrogens is 218 g/mol. The smallest absolute Gasteiger partial charge is 0.239 e. The lowest BCUT2D eigenvalue weighted by Gasteiger charge is -2.38. The molecule has 2 unspecified atom stereocenters. The molecule has 2 aliphatic rings. The molecule has 0 spiro atoms. The summed E-state index contributed by atoms with van der Waals surface area (Å²) in [5.74, 6) is 6.74. The monoisotopic (exact) mass is 235 g/mol. The molecule has 3 rings (SSSR count). The van der Waals surface area contributed by atoms with Crippen molar-refractivity contribution >= 4 is 11.8 Å². The normalized spacial score (nSPS) is 27.9. The minimum absolute atomic E-state index is 0.369. The number of hydrogen-bond donors (Lipinski definition) is 2. The van der Waals surface area contributed by atoms with Crippen molar-refractivity contribution in [2.75, 3.05) is 23.5 Å². The summed E-state index contributed by atoms with van der Waals surface area (Å²) in [5.41, 5.74) is 2.49. The van der Waals surface area contributed by atoms with Gasteiger partial charge in [0.2, 0.25) is 5.95 Å². The van der Waals surface area contributed by atoms with Gasteiger partial charge in [-0.1, -0.05) is 0 Å². The first kappa shape index (κ1) is 10.7. The van der Waals surface area contributed by atoms with Crippen LogP contribution in [0.5, 0.6) is 0 Å². The summed E-state index contributed by atoms with van der Waals surface area (Å²) in [6.45, 7) is 1.67. The van der Waals surface area contributed by atoms with Crippen LogP contribution in [0, 0.1) is 0 Å². The van der Waals surface area contributed by atoms with Gasteiger partial charge in [-0.3, -0.25) is 5.43 Å². The number of hydrogen-bond acceptors (Lipinski definition) is 6. The van der Waals surface area contributed by atoms with Crippen LogP contribution in [0.1, 0.15) is 19.3 Å². The Kier molecular flexibility index (Phi) is 2.82. The van der Waals surface area contributed by atoms with Crippen molar-refractivity contribution in [2.45, 2.75) is 31.4 Å². The molecule has 1 saturated carbocycles. The lowest BCUT2D eigenvalue weighted by atomic mass is 10.1. The number of hydrazine groups is 1. The number of aromatic nitrogens is 2. The summed E-state index contributed by atoms with van der Waals surface area (Å²) in [6, 6.07) is 2.39. The van der Waals surface area contributed by atoms with Crippen LogP contribution in [0.4, 0.5) is 11.8 Å². The van der Waals surface area contributed by atoms with E-state index >= 15 is 0 Å². The van der Waals surface area contributed by atoms with Crippen LogP contribution in [0.3, 0.4) is 0 Å². The predicted octanol–water partition coefficient (Wildman–Crippen LogP) is 0.520. The molecule has 0 amide bonds. The molecule has 1 aliphatic carbocycles. The zero-order chi connectivity index (χ0) is 11.7. The molecule has 1 aromatic rings. The molecule has 1 aliphatic heterocycles. The van der Waals surface area contributed by atoms with E-state index in [2.05, 4.69) is 20.3 Å². The second-order valence-corrected chi connectivity index (χ2v) is 4.48. The molecule has 3 N–H and O–H groups in total. The van der Waals surface area contributed by atoms with E-state index in [4.69, 9.17) is 10.6 Å². The number of ether oxygens (including phenoxy) is 1. The van der Waals surface area contributed by atoms with Gasteiger partial charge in [-0.15, -0.1) is 0 Å². The van der Waals surface area contributed by atoms with E-state index in [1.54, 1.807) is 6.20 Å². The summed E-state index contributed by atoms with van der Waals surface area (Å²) in [4.78, 5) is 10.8. The van der Waals surface area contributed by atoms with Crippen LogP contribution in [-0.2, 0) is 4.74 Å². The van der Waals surface area contributed by atoms with E-state index in [1.807, 2.05) is 6.07 Å². The maximum Gasteiger partial charge on any atom is 0.239 e. The predicted molar refractivity (Wildman–Crippen MR) is 64.6 cm³/mol. The van der Waals surface area contributed by atoms with Gasteiger partial charge < -0.3 is 9.64 Å². The molecule has 0 radical (unpaired) electrons. The number of nitrogens with two attached hydrogens (primary N) is 1. The second kappa shape index (κ2) is 4.46. The minimum atomic E-state index is 0.369. The van der Waals surface area contributed by atoms with Gasteiger partial charge in [-0.2, -0.15) is 4.98 Å². The van der Waals surface area contributed by atoms with E-state index in [0.29, 0.717) is 18.1 Å². The third-order valence-electron chi connectivity index (χ3n) is 3.55. The summed E-state index contributed by atoms with van der Waals surface area (Å²) in [5, 5.41) is 0. The first-order valence-electron chi connectivity index (χ1n) is 6.06. The zero-order valence-corrected chi connectivity index (χ0v) is 9.67. The number of anilines is 2. The summed E-state index contributed by atoms with van der Waals surface area (Å²) in [6.07, 6.45) is 5.68. The Morgan fingerprint density at radius 3 is 3.29 bits per heavy atom. The molecular formula is C11H17N5O. The average Bonchev–Trinajstić information content (AvgIpc) is 2.87. The van der Waals surface area contributed by atoms with Gasteiger partial charge in [0.15, 0.2) is 0 Å². The Balaban J connectivity index is 1.86. The number of nitrogen functional groups attached to an aromatic ring is 1.